The van der Waals surface area contributed by atoms with Crippen LogP contribution in [-0.4, -0.2) is 38.0 Å². The summed E-state index contributed by atoms with van der Waals surface area (Å²) in [5.74, 6) is -0.711. The van der Waals surface area contributed by atoms with E-state index in [9.17, 15) is 14.4 Å². The molecule has 31 heavy (non-hydrogen) atoms. The largest absolute Gasteiger partial charge is 0.497 e. The Labute approximate surface area is 183 Å². The summed E-state index contributed by atoms with van der Waals surface area (Å²) >= 11 is 0. The molecule has 166 valence electrons. The number of nitrogens with one attached hydrogen (secondary N) is 2. The van der Waals surface area contributed by atoms with E-state index in [1.807, 2.05) is 38.1 Å². The van der Waals surface area contributed by atoms with Gasteiger partial charge in [0.05, 0.1) is 13.2 Å². The van der Waals surface area contributed by atoms with Gasteiger partial charge in [0, 0.05) is 5.56 Å². The molecule has 1 atom stereocenters. The molecule has 2 amide bonds. The summed E-state index contributed by atoms with van der Waals surface area (Å²) in [7, 11) is 1.53. The van der Waals surface area contributed by atoms with Crippen molar-refractivity contribution in [2.45, 2.75) is 33.2 Å². The number of carbonyl (C=O) groups excluding carboxylic acids is 3. The summed E-state index contributed by atoms with van der Waals surface area (Å²) < 4.78 is 10.0. The standard InChI is InChI=1S/C24H30N2O5/c1-5-17-6-8-18(9-7-17)23(16(2)3)26-21(27)15-31-22(28)14-25-24(29)19-10-12-20(30-4)13-11-19/h6-13,16,23H,5,14-15H2,1-4H3,(H,25,29)(H,26,27)/t23-/m1/s1. The number of hydrogen-bond donors (Lipinski definition) is 2. The molecule has 0 aliphatic heterocycles. The molecule has 2 aromatic carbocycles. The predicted octanol–water partition coefficient (Wildman–Crippen LogP) is 3.04. The first kappa shape index (κ1) is 23.9. The highest BCUT2D eigenvalue weighted by molar-refractivity contribution is 5.96. The van der Waals surface area contributed by atoms with Crippen LogP contribution in [-0.2, 0) is 20.7 Å². The highest BCUT2D eigenvalue weighted by Crippen LogP contribution is 2.22. The molecule has 7 heteroatoms. The Morgan fingerprint density at radius 3 is 2.16 bits per heavy atom. The number of methoxy groups -OCH3 is 1. The summed E-state index contributed by atoms with van der Waals surface area (Å²) in [6.45, 7) is 5.38. The molecule has 0 radical (unpaired) electrons. The maximum atomic E-state index is 12.3. The number of benzene rings is 2. The summed E-state index contributed by atoms with van der Waals surface area (Å²) in [5, 5.41) is 5.38. The van der Waals surface area contributed by atoms with E-state index >= 15 is 0 Å². The number of carbonyl (C=O) groups is 3. The lowest BCUT2D eigenvalue weighted by Gasteiger charge is -2.23. The molecule has 0 heterocycles. The average molecular weight is 427 g/mol. The SMILES string of the molecule is CCc1ccc([C@H](NC(=O)COC(=O)CNC(=O)c2ccc(OC)cc2)C(C)C)cc1. The second-order valence-electron chi connectivity index (χ2n) is 7.46. The van der Waals surface area contributed by atoms with E-state index in [-0.39, 0.29) is 18.5 Å². The molecule has 0 spiro atoms. The molecule has 0 aliphatic rings. The lowest BCUT2D eigenvalue weighted by atomic mass is 9.95. The van der Waals surface area contributed by atoms with Gasteiger partial charge >= 0.3 is 5.97 Å². The highest BCUT2D eigenvalue weighted by Gasteiger charge is 2.19. The van der Waals surface area contributed by atoms with Crippen molar-refractivity contribution in [3.05, 3.63) is 65.2 Å². The van der Waals surface area contributed by atoms with Crippen molar-refractivity contribution in [3.63, 3.8) is 0 Å². The second-order valence-corrected chi connectivity index (χ2v) is 7.46. The molecule has 0 fully saturated rings. The van der Waals surface area contributed by atoms with Crippen molar-refractivity contribution in [1.29, 1.82) is 0 Å². The molecule has 0 saturated carbocycles. The van der Waals surface area contributed by atoms with E-state index in [4.69, 9.17) is 9.47 Å². The highest BCUT2D eigenvalue weighted by atomic mass is 16.5. The Hall–Kier alpha value is -3.35. The zero-order chi connectivity index (χ0) is 22.8. The van der Waals surface area contributed by atoms with Crippen LogP contribution in [0.3, 0.4) is 0 Å². The molecular weight excluding hydrogens is 396 g/mol. The Balaban J connectivity index is 1.80. The first-order valence-electron chi connectivity index (χ1n) is 10.3. The minimum Gasteiger partial charge on any atom is -0.497 e. The number of hydrogen-bond acceptors (Lipinski definition) is 5. The molecule has 0 saturated heterocycles. The van der Waals surface area contributed by atoms with Gasteiger partial charge in [-0.1, -0.05) is 45.0 Å². The Bertz CT molecular complexity index is 876. The van der Waals surface area contributed by atoms with Gasteiger partial charge in [-0.05, 0) is 47.7 Å². The van der Waals surface area contributed by atoms with Gasteiger partial charge < -0.3 is 20.1 Å². The molecular formula is C24H30N2O5. The maximum absolute atomic E-state index is 12.3. The molecule has 2 aromatic rings. The van der Waals surface area contributed by atoms with Crippen molar-refractivity contribution >= 4 is 17.8 Å². The third kappa shape index (κ3) is 7.44. The smallest absolute Gasteiger partial charge is 0.325 e. The van der Waals surface area contributed by atoms with E-state index in [2.05, 4.69) is 17.6 Å². The van der Waals surface area contributed by atoms with Gasteiger partial charge in [0.1, 0.15) is 12.3 Å². The molecule has 2 N–H and O–H groups in total. The fourth-order valence-electron chi connectivity index (χ4n) is 3.00. The van der Waals surface area contributed by atoms with Crippen LogP contribution >= 0.6 is 0 Å². The van der Waals surface area contributed by atoms with Gasteiger partial charge in [-0.25, -0.2) is 0 Å². The third-order valence-corrected chi connectivity index (χ3v) is 4.84. The van der Waals surface area contributed by atoms with Crippen LogP contribution in [0.2, 0.25) is 0 Å². The van der Waals surface area contributed by atoms with Crippen molar-refractivity contribution in [2.24, 2.45) is 5.92 Å². The monoisotopic (exact) mass is 426 g/mol. The number of aryl methyl sites for hydroxylation is 1. The van der Waals surface area contributed by atoms with E-state index in [0.29, 0.717) is 11.3 Å². The lowest BCUT2D eigenvalue weighted by Crippen LogP contribution is -2.36. The minimum atomic E-state index is -0.689. The minimum absolute atomic E-state index is 0.163. The zero-order valence-electron chi connectivity index (χ0n) is 18.4. The molecule has 7 nitrogen and oxygen atoms in total. The maximum Gasteiger partial charge on any atom is 0.325 e. The lowest BCUT2D eigenvalue weighted by molar-refractivity contribution is -0.147. The van der Waals surface area contributed by atoms with Gasteiger partial charge in [-0.3, -0.25) is 14.4 Å². The van der Waals surface area contributed by atoms with Crippen LogP contribution in [0.1, 0.15) is 48.3 Å². The average Bonchev–Trinajstić information content (AvgIpc) is 2.79. The van der Waals surface area contributed by atoms with Crippen molar-refractivity contribution < 1.29 is 23.9 Å². The summed E-state index contributed by atoms with van der Waals surface area (Å²) in [6, 6.07) is 14.4. The van der Waals surface area contributed by atoms with Gasteiger partial charge in [0.25, 0.3) is 11.8 Å². The van der Waals surface area contributed by atoms with Crippen LogP contribution < -0.4 is 15.4 Å². The van der Waals surface area contributed by atoms with Crippen molar-refractivity contribution in [2.75, 3.05) is 20.3 Å². The van der Waals surface area contributed by atoms with Crippen LogP contribution in [0.5, 0.6) is 5.75 Å². The van der Waals surface area contributed by atoms with Gasteiger partial charge in [-0.2, -0.15) is 0 Å². The Morgan fingerprint density at radius 2 is 1.61 bits per heavy atom. The molecule has 0 bridgehead atoms. The van der Waals surface area contributed by atoms with Crippen molar-refractivity contribution in [1.82, 2.24) is 10.6 Å². The normalized spacial score (nSPS) is 11.5. The van der Waals surface area contributed by atoms with Crippen LogP contribution in [0.4, 0.5) is 0 Å². The first-order valence-corrected chi connectivity index (χ1v) is 10.3. The van der Waals surface area contributed by atoms with Crippen LogP contribution in [0, 0.1) is 5.92 Å². The van der Waals surface area contributed by atoms with Gasteiger partial charge in [0.2, 0.25) is 0 Å². The first-order chi connectivity index (χ1) is 14.8. The molecule has 0 aliphatic carbocycles. The number of ether oxygens (including phenoxy) is 2. The fourth-order valence-corrected chi connectivity index (χ4v) is 3.00. The summed E-state index contributed by atoms with van der Waals surface area (Å²) in [5.41, 5.74) is 2.61. The summed E-state index contributed by atoms with van der Waals surface area (Å²) in [4.78, 5) is 36.3. The van der Waals surface area contributed by atoms with E-state index in [1.165, 1.54) is 12.7 Å². The van der Waals surface area contributed by atoms with E-state index < -0.39 is 24.4 Å². The zero-order valence-corrected chi connectivity index (χ0v) is 18.4. The number of amides is 2. The summed E-state index contributed by atoms with van der Waals surface area (Å²) in [6.07, 6.45) is 0.948. The third-order valence-electron chi connectivity index (χ3n) is 4.84. The van der Waals surface area contributed by atoms with Crippen LogP contribution in [0.25, 0.3) is 0 Å². The quantitative estimate of drug-likeness (QED) is 0.570. The number of esters is 1. The van der Waals surface area contributed by atoms with E-state index in [0.717, 1.165) is 12.0 Å². The fraction of sp³-hybridized carbons (Fsp3) is 0.375. The molecule has 2 rings (SSSR count). The van der Waals surface area contributed by atoms with Gasteiger partial charge in [-0.15, -0.1) is 0 Å². The molecule has 0 aromatic heterocycles. The van der Waals surface area contributed by atoms with Crippen molar-refractivity contribution in [3.8, 4) is 5.75 Å². The molecule has 0 unspecified atom stereocenters. The van der Waals surface area contributed by atoms with Gasteiger partial charge in [0.15, 0.2) is 6.61 Å². The van der Waals surface area contributed by atoms with Crippen LogP contribution in [0.15, 0.2) is 48.5 Å². The predicted molar refractivity (Wildman–Crippen MR) is 118 cm³/mol. The second kappa shape index (κ2) is 11.7. The number of rotatable bonds is 10. The van der Waals surface area contributed by atoms with E-state index in [1.54, 1.807) is 24.3 Å². The topological polar surface area (TPSA) is 93.7 Å². The Kier molecular flexibility index (Phi) is 9.06. The Morgan fingerprint density at radius 1 is 0.968 bits per heavy atom.